The lowest BCUT2D eigenvalue weighted by Crippen LogP contribution is -2.40. The molecule has 0 saturated carbocycles. The van der Waals surface area contributed by atoms with Gasteiger partial charge in [0.1, 0.15) is 5.75 Å². The number of rotatable bonds is 13. The standard InChI is InChI=1S/C31H37N3O3/c1-4-7-20-33(21-8-5-2)29(6-3)36-26-18-16-24(17-19-26)27-23-34-22-12-15-28(30(34)32-27)37-31(35)25-13-10-9-11-14-25/h9-19,22-23,29H,4-8,20-21H2,1-3H3. The highest BCUT2D eigenvalue weighted by Crippen LogP contribution is 2.27. The molecule has 194 valence electrons. The van der Waals surface area contributed by atoms with Crippen LogP contribution in [0.25, 0.3) is 16.9 Å². The first-order valence-corrected chi connectivity index (χ1v) is 13.4. The first-order chi connectivity index (χ1) is 18.1. The van der Waals surface area contributed by atoms with Gasteiger partial charge in [-0.15, -0.1) is 0 Å². The number of nitrogens with zero attached hydrogens (tertiary/aromatic N) is 3. The first-order valence-electron chi connectivity index (χ1n) is 13.4. The van der Waals surface area contributed by atoms with Gasteiger partial charge in [-0.3, -0.25) is 4.90 Å². The van der Waals surface area contributed by atoms with E-state index in [1.165, 1.54) is 25.7 Å². The highest BCUT2D eigenvalue weighted by atomic mass is 16.5. The van der Waals surface area contributed by atoms with Crippen LogP contribution in [0.3, 0.4) is 0 Å². The van der Waals surface area contributed by atoms with Gasteiger partial charge in [0, 0.05) is 31.0 Å². The molecule has 2 aromatic carbocycles. The number of carbonyl (C=O) groups excluding carboxylic acids is 1. The second-order valence-electron chi connectivity index (χ2n) is 9.23. The van der Waals surface area contributed by atoms with Crippen LogP contribution in [0.4, 0.5) is 0 Å². The van der Waals surface area contributed by atoms with Gasteiger partial charge in [0.05, 0.1) is 11.3 Å². The Morgan fingerprint density at radius 2 is 1.62 bits per heavy atom. The minimum Gasteiger partial charge on any atom is -0.475 e. The lowest BCUT2D eigenvalue weighted by Gasteiger charge is -2.31. The molecule has 0 fully saturated rings. The lowest BCUT2D eigenvalue weighted by molar-refractivity contribution is 0.0202. The Balaban J connectivity index is 1.49. The third-order valence-electron chi connectivity index (χ3n) is 6.44. The fraction of sp³-hybridized carbons (Fsp3) is 0.355. The molecule has 2 aromatic heterocycles. The molecule has 0 N–H and O–H groups in total. The van der Waals surface area contributed by atoms with E-state index in [1.54, 1.807) is 18.2 Å². The van der Waals surface area contributed by atoms with Crippen LogP contribution in [0.5, 0.6) is 11.5 Å². The quantitative estimate of drug-likeness (QED) is 0.143. The van der Waals surface area contributed by atoms with Gasteiger partial charge in [-0.05, 0) is 67.8 Å². The summed E-state index contributed by atoms with van der Waals surface area (Å²) < 4.78 is 14.0. The Bertz CT molecular complexity index is 1260. The van der Waals surface area contributed by atoms with Crippen molar-refractivity contribution in [1.82, 2.24) is 14.3 Å². The second-order valence-corrected chi connectivity index (χ2v) is 9.23. The van der Waals surface area contributed by atoms with E-state index >= 15 is 0 Å². The number of benzene rings is 2. The molecule has 0 bridgehead atoms. The van der Waals surface area contributed by atoms with Crippen LogP contribution >= 0.6 is 0 Å². The average molecular weight is 500 g/mol. The molecule has 0 aliphatic carbocycles. The van der Waals surface area contributed by atoms with Gasteiger partial charge < -0.3 is 13.9 Å². The van der Waals surface area contributed by atoms with Crippen molar-refractivity contribution in [3.8, 4) is 22.8 Å². The summed E-state index contributed by atoms with van der Waals surface area (Å²) >= 11 is 0. The zero-order valence-corrected chi connectivity index (χ0v) is 22.1. The van der Waals surface area contributed by atoms with Crippen molar-refractivity contribution < 1.29 is 14.3 Å². The summed E-state index contributed by atoms with van der Waals surface area (Å²) in [4.78, 5) is 19.8. The van der Waals surface area contributed by atoms with Gasteiger partial charge in [0.2, 0.25) is 0 Å². The summed E-state index contributed by atoms with van der Waals surface area (Å²) in [6.07, 6.45) is 9.57. The number of hydrogen-bond donors (Lipinski definition) is 0. The van der Waals surface area contributed by atoms with Crippen LogP contribution in [-0.4, -0.2) is 39.6 Å². The Hall–Kier alpha value is -3.64. The molecule has 1 unspecified atom stereocenters. The van der Waals surface area contributed by atoms with Gasteiger partial charge in [0.25, 0.3) is 0 Å². The number of ether oxygens (including phenoxy) is 2. The van der Waals surface area contributed by atoms with E-state index in [2.05, 4.69) is 25.7 Å². The van der Waals surface area contributed by atoms with E-state index < -0.39 is 5.97 Å². The maximum Gasteiger partial charge on any atom is 0.343 e. The normalized spacial score (nSPS) is 12.1. The van der Waals surface area contributed by atoms with E-state index in [0.717, 1.165) is 36.5 Å². The van der Waals surface area contributed by atoms with Crippen molar-refractivity contribution >= 4 is 11.6 Å². The van der Waals surface area contributed by atoms with E-state index in [0.29, 0.717) is 17.0 Å². The highest BCUT2D eigenvalue weighted by Gasteiger charge is 2.18. The summed E-state index contributed by atoms with van der Waals surface area (Å²) in [5.74, 6) is 0.875. The summed E-state index contributed by atoms with van der Waals surface area (Å²) in [5, 5.41) is 0. The van der Waals surface area contributed by atoms with Gasteiger partial charge >= 0.3 is 5.97 Å². The minimum atomic E-state index is -0.405. The predicted octanol–water partition coefficient (Wildman–Crippen LogP) is 7.24. The summed E-state index contributed by atoms with van der Waals surface area (Å²) in [7, 11) is 0. The molecule has 4 aromatic rings. The van der Waals surface area contributed by atoms with Crippen molar-refractivity contribution in [1.29, 1.82) is 0 Å². The largest absolute Gasteiger partial charge is 0.475 e. The average Bonchev–Trinajstić information content (AvgIpc) is 3.38. The molecule has 0 aliphatic rings. The van der Waals surface area contributed by atoms with Crippen molar-refractivity contribution in [3.05, 3.63) is 84.7 Å². The fourth-order valence-electron chi connectivity index (χ4n) is 4.34. The molecule has 0 aliphatic heterocycles. The van der Waals surface area contributed by atoms with Gasteiger partial charge in [-0.25, -0.2) is 9.78 Å². The Morgan fingerprint density at radius 1 is 0.919 bits per heavy atom. The molecule has 2 heterocycles. The number of hydrogen-bond acceptors (Lipinski definition) is 5. The van der Waals surface area contributed by atoms with Crippen molar-refractivity contribution in [2.75, 3.05) is 13.1 Å². The second kappa shape index (κ2) is 13.1. The maximum atomic E-state index is 12.6. The summed E-state index contributed by atoms with van der Waals surface area (Å²) in [6, 6.07) is 20.7. The van der Waals surface area contributed by atoms with E-state index in [-0.39, 0.29) is 6.23 Å². The van der Waals surface area contributed by atoms with E-state index in [1.807, 2.05) is 65.3 Å². The Morgan fingerprint density at radius 3 is 2.27 bits per heavy atom. The third kappa shape index (κ3) is 6.77. The first kappa shape index (κ1) is 26.4. The molecule has 4 rings (SSSR count). The molecule has 6 nitrogen and oxygen atoms in total. The van der Waals surface area contributed by atoms with Gasteiger partial charge in [-0.2, -0.15) is 0 Å². The molecule has 0 amide bonds. The summed E-state index contributed by atoms with van der Waals surface area (Å²) in [5.41, 5.74) is 2.86. The van der Waals surface area contributed by atoms with Crippen LogP contribution in [-0.2, 0) is 0 Å². The van der Waals surface area contributed by atoms with Crippen LogP contribution in [0.2, 0.25) is 0 Å². The molecule has 0 spiro atoms. The number of imidazole rings is 1. The molecule has 37 heavy (non-hydrogen) atoms. The van der Waals surface area contributed by atoms with Crippen LogP contribution in [0, 0.1) is 0 Å². The Kier molecular flexibility index (Phi) is 9.33. The van der Waals surface area contributed by atoms with Gasteiger partial charge in [-0.1, -0.05) is 51.8 Å². The topological polar surface area (TPSA) is 56.1 Å². The molecule has 1 atom stereocenters. The SMILES string of the molecule is CCCCN(CCCC)C(CC)Oc1ccc(-c2cn3cccc(OC(=O)c4ccccc4)c3n2)cc1. The highest BCUT2D eigenvalue weighted by molar-refractivity contribution is 5.91. The van der Waals surface area contributed by atoms with Crippen LogP contribution < -0.4 is 9.47 Å². The predicted molar refractivity (Wildman–Crippen MR) is 148 cm³/mol. The molecular formula is C31H37N3O3. The molecule has 0 saturated heterocycles. The fourth-order valence-corrected chi connectivity index (χ4v) is 4.34. The number of unbranched alkanes of at least 4 members (excludes halogenated alkanes) is 2. The number of pyridine rings is 1. The summed E-state index contributed by atoms with van der Waals surface area (Å²) in [6.45, 7) is 8.77. The van der Waals surface area contributed by atoms with E-state index in [4.69, 9.17) is 14.5 Å². The lowest BCUT2D eigenvalue weighted by atomic mass is 10.1. The van der Waals surface area contributed by atoms with Crippen molar-refractivity contribution in [2.45, 2.75) is 59.1 Å². The number of carbonyl (C=O) groups is 1. The van der Waals surface area contributed by atoms with Gasteiger partial charge in [0.15, 0.2) is 17.6 Å². The van der Waals surface area contributed by atoms with Crippen molar-refractivity contribution in [2.24, 2.45) is 0 Å². The zero-order chi connectivity index (χ0) is 26.0. The molecule has 6 heteroatoms. The Labute approximate surface area is 219 Å². The van der Waals surface area contributed by atoms with Crippen molar-refractivity contribution in [3.63, 3.8) is 0 Å². The molecule has 0 radical (unpaired) electrons. The molecular weight excluding hydrogens is 462 g/mol. The third-order valence-corrected chi connectivity index (χ3v) is 6.44. The van der Waals surface area contributed by atoms with E-state index in [9.17, 15) is 4.79 Å². The number of aromatic nitrogens is 2. The van der Waals surface area contributed by atoms with Crippen LogP contribution in [0.15, 0.2) is 79.1 Å². The maximum absolute atomic E-state index is 12.6. The smallest absolute Gasteiger partial charge is 0.343 e. The van der Waals surface area contributed by atoms with Crippen LogP contribution in [0.1, 0.15) is 63.2 Å². The number of esters is 1. The zero-order valence-electron chi connectivity index (χ0n) is 22.1. The number of fused-ring (bicyclic) bond motifs is 1. The minimum absolute atomic E-state index is 0.0704. The monoisotopic (exact) mass is 499 g/mol.